The van der Waals surface area contributed by atoms with Gasteiger partial charge in [0.05, 0.1) is 0 Å². The maximum Gasteiger partial charge on any atom is 0.139 e. The molecule has 0 saturated heterocycles. The molecule has 424 valence electrons. The quantitative estimate of drug-likeness (QED) is 0.136. The number of phenolic OH excluding ortho intramolecular Hbond substituents is 4. The number of Topliss-reactive ketones (excluding diaryl/α,β-unsaturated/α-hetero) is 4. The lowest BCUT2D eigenvalue weighted by atomic mass is 9.55. The molecule has 0 spiro atoms. The van der Waals surface area contributed by atoms with Gasteiger partial charge in [0, 0.05) is 47.3 Å². The SMILES string of the molecule is C[C@]12CC[C@@H]3c4ccc(O)cc4CC[C@H]3[C@@H]1CCC2=O.C[C@]12CC[C@@H]3c4ccc(O)cc4CC[C@H]3[C@@H]1CCC2=O.C[C@]12CC[C@@H]3c4ccc(O)cc4CC[C@H]3[C@@H]1CCC2=O.C[C@]12CC[C@@H]3c4ccc(O)cc4CC[C@H]3[C@@H]1CCC2=O. The summed E-state index contributed by atoms with van der Waals surface area (Å²) in [7, 11) is 0. The first-order valence-electron chi connectivity index (χ1n) is 31.8. The Morgan fingerprint density at radius 2 is 0.512 bits per heavy atom. The molecule has 4 N–H and O–H groups in total. The highest BCUT2D eigenvalue weighted by Gasteiger charge is 2.58. The molecular formula is C72H88O8. The molecule has 4 aromatic carbocycles. The van der Waals surface area contributed by atoms with Crippen LogP contribution in [0, 0.1) is 69.0 Å². The first-order valence-corrected chi connectivity index (χ1v) is 31.8. The Morgan fingerprint density at radius 1 is 0.300 bits per heavy atom. The van der Waals surface area contributed by atoms with Gasteiger partial charge in [0.15, 0.2) is 0 Å². The van der Waals surface area contributed by atoms with Gasteiger partial charge in [-0.25, -0.2) is 0 Å². The predicted octanol–water partition coefficient (Wildman–Crippen LogP) is 15.3. The summed E-state index contributed by atoms with van der Waals surface area (Å²) in [6.45, 7) is 8.87. The lowest BCUT2D eigenvalue weighted by Gasteiger charge is -2.48. The van der Waals surface area contributed by atoms with Gasteiger partial charge >= 0.3 is 0 Å². The first kappa shape index (κ1) is 54.0. The number of carbonyl (C=O) groups excluding carboxylic acids is 4. The van der Waals surface area contributed by atoms with Crippen LogP contribution in [0.2, 0.25) is 0 Å². The number of fused-ring (bicyclic) bond motifs is 20. The fourth-order valence-electron chi connectivity index (χ4n) is 21.4. The van der Waals surface area contributed by atoms with Crippen LogP contribution in [0.15, 0.2) is 72.8 Å². The smallest absolute Gasteiger partial charge is 0.139 e. The Labute approximate surface area is 475 Å². The van der Waals surface area contributed by atoms with Gasteiger partial charge in [-0.05, 0) is 292 Å². The maximum absolute atomic E-state index is 12.3. The molecule has 0 bridgehead atoms. The number of carbonyl (C=O) groups is 4. The van der Waals surface area contributed by atoms with E-state index in [0.717, 1.165) is 128 Å². The van der Waals surface area contributed by atoms with Crippen molar-refractivity contribution in [1.82, 2.24) is 0 Å². The lowest BCUT2D eigenvalue weighted by Crippen LogP contribution is -2.42. The third kappa shape index (κ3) is 8.76. The zero-order valence-electron chi connectivity index (χ0n) is 48.2. The van der Waals surface area contributed by atoms with E-state index in [-0.39, 0.29) is 21.7 Å². The van der Waals surface area contributed by atoms with Gasteiger partial charge in [0.25, 0.3) is 0 Å². The van der Waals surface area contributed by atoms with Gasteiger partial charge in [-0.1, -0.05) is 52.0 Å². The molecule has 16 atom stereocenters. The van der Waals surface area contributed by atoms with Crippen molar-refractivity contribution in [2.45, 2.75) is 205 Å². The van der Waals surface area contributed by atoms with Crippen LogP contribution in [0.4, 0.5) is 0 Å². The molecule has 4 aromatic rings. The Morgan fingerprint density at radius 3 is 0.725 bits per heavy atom. The van der Waals surface area contributed by atoms with E-state index in [2.05, 4.69) is 52.0 Å². The fourth-order valence-corrected chi connectivity index (χ4v) is 21.4. The van der Waals surface area contributed by atoms with Gasteiger partial charge in [0.2, 0.25) is 0 Å². The average molecular weight is 1080 g/mol. The summed E-state index contributed by atoms with van der Waals surface area (Å²) in [5.74, 6) is 11.1. The molecule has 0 heterocycles. The van der Waals surface area contributed by atoms with E-state index in [4.69, 9.17) is 0 Å². The zero-order valence-corrected chi connectivity index (χ0v) is 48.2. The fraction of sp³-hybridized carbons (Fsp3) is 0.611. The summed E-state index contributed by atoms with van der Waals surface area (Å²) in [6, 6.07) is 23.6. The van der Waals surface area contributed by atoms with E-state index < -0.39 is 0 Å². The van der Waals surface area contributed by atoms with E-state index in [1.54, 1.807) is 0 Å². The first-order chi connectivity index (χ1) is 38.4. The Kier molecular flexibility index (Phi) is 13.7. The second-order valence-electron chi connectivity index (χ2n) is 28.9. The standard InChI is InChI=1S/4C18H22O2/c4*1-18-9-8-14-13-5-3-12(19)10-11(13)2-4-15(14)16(18)6-7-17(18)20/h4*3,5,10,14-16,19H,2,4,6-9H2,1H3/t4*14-,15-,16+,18+/m1111/s1. The number of rotatable bonds is 0. The van der Waals surface area contributed by atoms with E-state index in [0.29, 0.717) is 117 Å². The van der Waals surface area contributed by atoms with Gasteiger partial charge in [-0.3, -0.25) is 19.2 Å². The molecule has 0 aromatic heterocycles. The minimum atomic E-state index is -0.0322. The molecule has 0 aliphatic heterocycles. The summed E-state index contributed by atoms with van der Waals surface area (Å²) in [6.07, 6.45) is 25.4. The number of benzene rings is 4. The monoisotopic (exact) mass is 1080 g/mol. The van der Waals surface area contributed by atoms with Crippen molar-refractivity contribution >= 4 is 23.1 Å². The van der Waals surface area contributed by atoms with E-state index in [1.165, 1.54) is 70.2 Å². The van der Waals surface area contributed by atoms with Crippen LogP contribution in [-0.4, -0.2) is 43.6 Å². The molecule has 12 aliphatic rings. The Balaban J connectivity index is 0.000000101. The summed E-state index contributed by atoms with van der Waals surface area (Å²) in [4.78, 5) is 49.0. The maximum atomic E-state index is 12.3. The highest BCUT2D eigenvalue weighted by atomic mass is 16.3. The highest BCUT2D eigenvalue weighted by molar-refractivity contribution is 5.89. The van der Waals surface area contributed by atoms with Crippen LogP contribution in [0.25, 0.3) is 0 Å². The van der Waals surface area contributed by atoms with Crippen molar-refractivity contribution in [3.63, 3.8) is 0 Å². The topological polar surface area (TPSA) is 149 Å². The molecule has 8 heteroatoms. The van der Waals surface area contributed by atoms with Gasteiger partial charge in [-0.2, -0.15) is 0 Å². The second kappa shape index (κ2) is 20.3. The largest absolute Gasteiger partial charge is 0.508 e. The number of hydrogen-bond acceptors (Lipinski definition) is 8. The van der Waals surface area contributed by atoms with Crippen LogP contribution in [-0.2, 0) is 44.9 Å². The highest BCUT2D eigenvalue weighted by Crippen LogP contribution is 2.64. The van der Waals surface area contributed by atoms with Crippen molar-refractivity contribution in [2.24, 2.45) is 69.0 Å². The summed E-state index contributed by atoms with van der Waals surface area (Å²) >= 11 is 0. The minimum Gasteiger partial charge on any atom is -0.508 e. The van der Waals surface area contributed by atoms with E-state index >= 15 is 0 Å². The van der Waals surface area contributed by atoms with Crippen molar-refractivity contribution in [1.29, 1.82) is 0 Å². The summed E-state index contributed by atoms with van der Waals surface area (Å²) in [5.41, 5.74) is 11.0. The van der Waals surface area contributed by atoms with Crippen LogP contribution in [0.1, 0.15) is 224 Å². The van der Waals surface area contributed by atoms with Crippen LogP contribution < -0.4 is 0 Å². The molecular weight excluding hydrogens is 993 g/mol. The number of phenols is 4. The van der Waals surface area contributed by atoms with Crippen LogP contribution in [0.3, 0.4) is 0 Å². The predicted molar refractivity (Wildman–Crippen MR) is 311 cm³/mol. The zero-order chi connectivity index (χ0) is 55.6. The second-order valence-corrected chi connectivity index (χ2v) is 28.9. The number of hydrogen-bond donors (Lipinski definition) is 4. The number of ketones is 4. The Hall–Kier alpha value is -5.24. The van der Waals surface area contributed by atoms with Gasteiger partial charge in [-0.15, -0.1) is 0 Å². The van der Waals surface area contributed by atoms with Gasteiger partial charge in [0.1, 0.15) is 46.1 Å². The molecule has 16 rings (SSSR count). The third-order valence-corrected chi connectivity index (χ3v) is 25.7. The van der Waals surface area contributed by atoms with Crippen molar-refractivity contribution in [2.75, 3.05) is 0 Å². The molecule has 0 unspecified atom stereocenters. The van der Waals surface area contributed by atoms with Crippen molar-refractivity contribution in [3.05, 3.63) is 117 Å². The van der Waals surface area contributed by atoms with Gasteiger partial charge < -0.3 is 20.4 Å². The lowest BCUT2D eigenvalue weighted by molar-refractivity contribution is -0.130. The Bertz CT molecular complexity index is 2720. The molecule has 80 heavy (non-hydrogen) atoms. The van der Waals surface area contributed by atoms with E-state index in [1.807, 2.05) is 48.5 Å². The molecule has 8 saturated carbocycles. The van der Waals surface area contributed by atoms with Crippen LogP contribution in [0.5, 0.6) is 23.0 Å². The van der Waals surface area contributed by atoms with Crippen LogP contribution >= 0.6 is 0 Å². The number of aromatic hydroxyl groups is 4. The molecule has 12 aliphatic carbocycles. The molecule has 0 amide bonds. The third-order valence-electron chi connectivity index (χ3n) is 25.7. The number of aryl methyl sites for hydroxylation is 4. The average Bonchev–Trinajstić information content (AvgIpc) is 4.33. The summed E-state index contributed by atoms with van der Waals surface area (Å²) in [5, 5.41) is 38.7. The van der Waals surface area contributed by atoms with Crippen molar-refractivity contribution in [3.8, 4) is 23.0 Å². The minimum absolute atomic E-state index is 0.0322. The summed E-state index contributed by atoms with van der Waals surface area (Å²) < 4.78 is 0. The molecule has 0 radical (unpaired) electrons. The van der Waals surface area contributed by atoms with Crippen molar-refractivity contribution < 1.29 is 39.6 Å². The molecule has 8 fully saturated rings. The van der Waals surface area contributed by atoms with E-state index in [9.17, 15) is 39.6 Å². The molecule has 8 nitrogen and oxygen atoms in total. The normalized spacial score (nSPS) is 39.0.